The molecule has 3 N–H and O–H groups in total. The summed E-state index contributed by atoms with van der Waals surface area (Å²) in [7, 11) is 0. The van der Waals surface area contributed by atoms with Crippen LogP contribution in [0.25, 0.3) is 10.9 Å². The Morgan fingerprint density at radius 3 is 2.76 bits per heavy atom. The average molecular weight is 286 g/mol. The molecule has 1 aromatic heterocycles. The van der Waals surface area contributed by atoms with Crippen molar-refractivity contribution in [2.75, 3.05) is 18.0 Å². The third-order valence-corrected chi connectivity index (χ3v) is 3.55. The number of pyridine rings is 1. The van der Waals surface area contributed by atoms with E-state index in [1.807, 2.05) is 30.3 Å². The molecule has 0 atom stereocenters. The quantitative estimate of drug-likeness (QED) is 0.370. The number of aromatic nitrogens is 1. The van der Waals surface area contributed by atoms with E-state index in [4.69, 9.17) is 15.9 Å². The predicted octanol–water partition coefficient (Wildman–Crippen LogP) is 2.96. The van der Waals surface area contributed by atoms with E-state index in [1.165, 1.54) is 0 Å². The maximum absolute atomic E-state index is 9.03. The lowest BCUT2D eigenvalue weighted by molar-refractivity contribution is 0.318. The van der Waals surface area contributed by atoms with Crippen LogP contribution in [-0.2, 0) is 0 Å². The summed E-state index contributed by atoms with van der Waals surface area (Å²) in [6, 6.07) is 9.80. The molecule has 2 aromatic rings. The van der Waals surface area contributed by atoms with Crippen LogP contribution in [0.5, 0.6) is 0 Å². The van der Waals surface area contributed by atoms with Crippen LogP contribution in [0, 0.1) is 0 Å². The van der Waals surface area contributed by atoms with Gasteiger partial charge in [-0.15, -0.1) is 0 Å². The van der Waals surface area contributed by atoms with Crippen molar-refractivity contribution in [2.24, 2.45) is 10.9 Å². The molecule has 0 fully saturated rings. The molecule has 2 rings (SSSR count). The average Bonchev–Trinajstić information content (AvgIpc) is 2.54. The standard InChI is InChI=1S/C16H22N4O/c1-3-5-10-20(4-2)16-13(15(17)19-21)11-12-8-6-7-9-14(12)18-16/h6-9,11,21H,3-5,10H2,1-2H3,(H2,17,19). The van der Waals surface area contributed by atoms with Crippen molar-refractivity contribution >= 4 is 22.6 Å². The molecule has 0 amide bonds. The van der Waals surface area contributed by atoms with Crippen LogP contribution in [0.2, 0.25) is 0 Å². The molecule has 0 bridgehead atoms. The Balaban J connectivity index is 2.57. The Bertz CT molecular complexity index is 639. The van der Waals surface area contributed by atoms with Crippen molar-refractivity contribution in [1.29, 1.82) is 0 Å². The second kappa shape index (κ2) is 6.92. The van der Waals surface area contributed by atoms with Crippen LogP contribution in [0.3, 0.4) is 0 Å². The molecule has 1 heterocycles. The lowest BCUT2D eigenvalue weighted by Crippen LogP contribution is -2.28. The number of anilines is 1. The zero-order chi connectivity index (χ0) is 15.2. The minimum absolute atomic E-state index is 0.0956. The summed E-state index contributed by atoms with van der Waals surface area (Å²) in [6.07, 6.45) is 2.20. The number of nitrogens with two attached hydrogens (primary N) is 1. The topological polar surface area (TPSA) is 74.7 Å². The minimum atomic E-state index is 0.0956. The normalized spacial score (nSPS) is 11.8. The molecule has 5 nitrogen and oxygen atoms in total. The molecule has 0 aliphatic carbocycles. The third kappa shape index (κ3) is 3.24. The van der Waals surface area contributed by atoms with Crippen molar-refractivity contribution in [3.63, 3.8) is 0 Å². The number of nitrogens with zero attached hydrogens (tertiary/aromatic N) is 3. The maximum atomic E-state index is 9.03. The number of hydrogen-bond donors (Lipinski definition) is 2. The summed E-state index contributed by atoms with van der Waals surface area (Å²) in [6.45, 7) is 5.98. The highest BCUT2D eigenvalue weighted by Crippen LogP contribution is 2.24. The van der Waals surface area contributed by atoms with E-state index in [9.17, 15) is 0 Å². The van der Waals surface area contributed by atoms with Gasteiger partial charge in [-0.1, -0.05) is 36.7 Å². The van der Waals surface area contributed by atoms with Crippen LogP contribution in [0.4, 0.5) is 5.82 Å². The number of benzene rings is 1. The van der Waals surface area contributed by atoms with Gasteiger partial charge in [0, 0.05) is 18.5 Å². The monoisotopic (exact) mass is 286 g/mol. The molecule has 5 heteroatoms. The predicted molar refractivity (Wildman–Crippen MR) is 87.0 cm³/mol. The van der Waals surface area contributed by atoms with Crippen LogP contribution < -0.4 is 10.6 Å². The van der Waals surface area contributed by atoms with E-state index >= 15 is 0 Å². The Hall–Kier alpha value is -2.30. The van der Waals surface area contributed by atoms with Gasteiger partial charge < -0.3 is 15.8 Å². The molecule has 1 aromatic carbocycles. The van der Waals surface area contributed by atoms with Crippen LogP contribution in [0.1, 0.15) is 32.3 Å². The molecule has 0 aliphatic rings. The Morgan fingerprint density at radius 2 is 2.10 bits per heavy atom. The third-order valence-electron chi connectivity index (χ3n) is 3.55. The van der Waals surface area contributed by atoms with E-state index in [0.29, 0.717) is 5.56 Å². The van der Waals surface area contributed by atoms with Gasteiger partial charge in [-0.3, -0.25) is 0 Å². The van der Waals surface area contributed by atoms with Gasteiger partial charge >= 0.3 is 0 Å². The first-order valence-electron chi connectivity index (χ1n) is 7.33. The first-order chi connectivity index (χ1) is 10.2. The highest BCUT2D eigenvalue weighted by Gasteiger charge is 2.16. The maximum Gasteiger partial charge on any atom is 0.173 e. The Kier molecular flexibility index (Phi) is 4.98. The second-order valence-corrected chi connectivity index (χ2v) is 4.97. The van der Waals surface area contributed by atoms with Gasteiger partial charge in [0.2, 0.25) is 0 Å². The fourth-order valence-corrected chi connectivity index (χ4v) is 2.35. The van der Waals surface area contributed by atoms with Crippen molar-refractivity contribution < 1.29 is 5.21 Å². The Morgan fingerprint density at radius 1 is 1.33 bits per heavy atom. The summed E-state index contributed by atoms with van der Waals surface area (Å²) < 4.78 is 0. The zero-order valence-corrected chi connectivity index (χ0v) is 12.6. The van der Waals surface area contributed by atoms with Crippen molar-refractivity contribution in [1.82, 2.24) is 4.98 Å². The van der Waals surface area contributed by atoms with Gasteiger partial charge in [0.15, 0.2) is 5.84 Å². The molecule has 0 radical (unpaired) electrons. The fraction of sp³-hybridized carbons (Fsp3) is 0.375. The van der Waals surface area contributed by atoms with Gasteiger partial charge in [-0.25, -0.2) is 4.98 Å². The summed E-state index contributed by atoms with van der Waals surface area (Å²) in [4.78, 5) is 6.89. The summed E-state index contributed by atoms with van der Waals surface area (Å²) in [5, 5.41) is 13.2. The number of rotatable bonds is 6. The highest BCUT2D eigenvalue weighted by atomic mass is 16.4. The van der Waals surface area contributed by atoms with E-state index in [0.717, 1.165) is 42.7 Å². The number of unbranched alkanes of at least 4 members (excludes halogenated alkanes) is 1. The number of fused-ring (bicyclic) bond motifs is 1. The molecule has 0 saturated carbocycles. The van der Waals surface area contributed by atoms with Gasteiger partial charge in [-0.05, 0) is 25.5 Å². The smallest absolute Gasteiger partial charge is 0.173 e. The summed E-state index contributed by atoms with van der Waals surface area (Å²) in [5.41, 5.74) is 7.43. The van der Waals surface area contributed by atoms with Crippen LogP contribution in [0.15, 0.2) is 35.5 Å². The summed E-state index contributed by atoms with van der Waals surface area (Å²) in [5.74, 6) is 0.873. The minimum Gasteiger partial charge on any atom is -0.409 e. The first kappa shape index (κ1) is 15.1. The number of amidine groups is 1. The molecule has 0 aliphatic heterocycles. The Labute approximate surface area is 125 Å². The van der Waals surface area contributed by atoms with Crippen LogP contribution >= 0.6 is 0 Å². The molecule has 112 valence electrons. The van der Waals surface area contributed by atoms with Gasteiger partial charge in [0.25, 0.3) is 0 Å². The molecular weight excluding hydrogens is 264 g/mol. The SMILES string of the molecule is CCCCN(CC)c1nc2ccccc2cc1C(N)=NO. The molecule has 0 saturated heterocycles. The largest absolute Gasteiger partial charge is 0.409 e. The highest BCUT2D eigenvalue weighted by molar-refractivity contribution is 6.04. The molecule has 0 spiro atoms. The fourth-order valence-electron chi connectivity index (χ4n) is 2.35. The van der Waals surface area contributed by atoms with Gasteiger partial charge in [0.05, 0.1) is 11.1 Å². The summed E-state index contributed by atoms with van der Waals surface area (Å²) >= 11 is 0. The molecular formula is C16H22N4O. The lowest BCUT2D eigenvalue weighted by atomic mass is 10.1. The van der Waals surface area contributed by atoms with Crippen molar-refractivity contribution in [3.05, 3.63) is 35.9 Å². The number of hydrogen-bond acceptors (Lipinski definition) is 4. The van der Waals surface area contributed by atoms with Crippen molar-refractivity contribution in [2.45, 2.75) is 26.7 Å². The number of para-hydroxylation sites is 1. The molecule has 0 unspecified atom stereocenters. The van der Waals surface area contributed by atoms with Gasteiger partial charge in [-0.2, -0.15) is 0 Å². The first-order valence-corrected chi connectivity index (χ1v) is 7.33. The van der Waals surface area contributed by atoms with E-state index in [2.05, 4.69) is 23.9 Å². The lowest BCUT2D eigenvalue weighted by Gasteiger charge is -2.24. The second-order valence-electron chi connectivity index (χ2n) is 4.97. The number of oxime groups is 1. The van der Waals surface area contributed by atoms with Crippen LogP contribution in [-0.4, -0.2) is 29.1 Å². The van der Waals surface area contributed by atoms with E-state index in [-0.39, 0.29) is 5.84 Å². The molecule has 21 heavy (non-hydrogen) atoms. The zero-order valence-electron chi connectivity index (χ0n) is 12.6. The van der Waals surface area contributed by atoms with Gasteiger partial charge in [0.1, 0.15) is 5.82 Å². The van der Waals surface area contributed by atoms with E-state index < -0.39 is 0 Å². The van der Waals surface area contributed by atoms with Crippen molar-refractivity contribution in [3.8, 4) is 0 Å². The van der Waals surface area contributed by atoms with E-state index in [1.54, 1.807) is 0 Å².